The zero-order valence-corrected chi connectivity index (χ0v) is 22.1. The number of likely N-dealkylation sites (N-methyl/N-ethyl adjacent to an activating group) is 1. The van der Waals surface area contributed by atoms with E-state index in [-0.39, 0.29) is 5.91 Å². The summed E-state index contributed by atoms with van der Waals surface area (Å²) >= 11 is 0. The zero-order valence-electron chi connectivity index (χ0n) is 22.1. The van der Waals surface area contributed by atoms with Crippen LogP contribution < -0.4 is 16.4 Å². The lowest BCUT2D eigenvalue weighted by atomic mass is 10.1. The summed E-state index contributed by atoms with van der Waals surface area (Å²) in [7, 11) is 2.09. The lowest BCUT2D eigenvalue weighted by Gasteiger charge is -2.20. The van der Waals surface area contributed by atoms with Crippen molar-refractivity contribution in [1.82, 2.24) is 14.9 Å². The summed E-state index contributed by atoms with van der Waals surface area (Å²) in [6.45, 7) is 11.6. The van der Waals surface area contributed by atoms with Crippen molar-refractivity contribution in [2.24, 2.45) is 5.73 Å². The second-order valence-corrected chi connectivity index (χ2v) is 9.02. The normalized spacial score (nSPS) is 11.2. The van der Waals surface area contributed by atoms with E-state index in [4.69, 9.17) is 5.73 Å². The molecule has 0 aliphatic carbocycles. The van der Waals surface area contributed by atoms with Crippen LogP contribution in [0.5, 0.6) is 0 Å². The van der Waals surface area contributed by atoms with Crippen LogP contribution in [0.1, 0.15) is 29.3 Å². The van der Waals surface area contributed by atoms with Crippen LogP contribution in [0.2, 0.25) is 0 Å². The number of hydrogen-bond donors (Lipinski definition) is 3. The van der Waals surface area contributed by atoms with E-state index in [1.807, 2.05) is 72.8 Å². The average Bonchev–Trinajstić information content (AvgIpc) is 2.93. The van der Waals surface area contributed by atoms with E-state index >= 15 is 0 Å². The van der Waals surface area contributed by atoms with Gasteiger partial charge in [-0.2, -0.15) is 0 Å². The van der Waals surface area contributed by atoms with Crippen molar-refractivity contribution >= 4 is 34.0 Å². The summed E-state index contributed by atoms with van der Waals surface area (Å²) in [5, 5.41) is 7.25. The minimum absolute atomic E-state index is 0.0817. The molecular formula is C31H36N6O. The number of fused-ring (bicyclic) bond motifs is 1. The first-order valence-electron chi connectivity index (χ1n) is 12.5. The van der Waals surface area contributed by atoms with Crippen molar-refractivity contribution < 1.29 is 4.79 Å². The predicted octanol–water partition coefficient (Wildman–Crippen LogP) is 5.81. The third kappa shape index (κ3) is 8.28. The Morgan fingerprint density at radius 2 is 1.71 bits per heavy atom. The molecule has 1 unspecified atom stereocenters. The topological polar surface area (TPSA) is 96.2 Å². The van der Waals surface area contributed by atoms with Gasteiger partial charge >= 0.3 is 0 Å². The van der Waals surface area contributed by atoms with Crippen LogP contribution in [0.3, 0.4) is 0 Å². The fraction of sp³-hybridized carbons (Fsp3) is 0.194. The van der Waals surface area contributed by atoms with Crippen LogP contribution >= 0.6 is 0 Å². The number of aromatic nitrogens is 2. The van der Waals surface area contributed by atoms with E-state index in [0.29, 0.717) is 17.3 Å². The van der Waals surface area contributed by atoms with Gasteiger partial charge in [0.05, 0.1) is 5.52 Å². The zero-order chi connectivity index (χ0) is 27.3. The molecule has 0 saturated carbocycles. The van der Waals surface area contributed by atoms with Crippen LogP contribution in [0.15, 0.2) is 104 Å². The van der Waals surface area contributed by atoms with E-state index in [1.54, 1.807) is 18.5 Å². The van der Waals surface area contributed by atoms with Crippen LogP contribution in [-0.4, -0.2) is 47.0 Å². The standard InChI is InChI=1S/C18H25N5.C13H11NO/c1-5-10-23(4)11-9-13(2)22-18-16-8-6-7-15(14(3)19)17(16)20-12-21-18;15-13(11-7-3-1-4-8-11)14-12-9-5-2-6-10-12/h5-8,12-13H,1,3,9-11,19H2,2,4H3,(H,20,21,22);1-10H,(H,14,15). The molecule has 0 aliphatic rings. The summed E-state index contributed by atoms with van der Waals surface area (Å²) in [4.78, 5) is 22.7. The van der Waals surface area contributed by atoms with Crippen molar-refractivity contribution in [1.29, 1.82) is 0 Å². The molecule has 0 aliphatic heterocycles. The van der Waals surface area contributed by atoms with Crippen molar-refractivity contribution in [3.05, 3.63) is 116 Å². The van der Waals surface area contributed by atoms with Crippen molar-refractivity contribution in [2.45, 2.75) is 19.4 Å². The SMILES string of the molecule is C=CCN(C)CCC(C)Nc1ncnc2c(C(=C)N)cccc12.O=C(Nc1ccccc1)c1ccccc1. The number of benzene rings is 3. The van der Waals surface area contributed by atoms with Gasteiger partial charge in [-0.3, -0.25) is 4.79 Å². The maximum Gasteiger partial charge on any atom is 0.255 e. The first-order valence-corrected chi connectivity index (χ1v) is 12.5. The van der Waals surface area contributed by atoms with E-state index in [2.05, 4.69) is 52.6 Å². The Balaban J connectivity index is 0.000000230. The fourth-order valence-electron chi connectivity index (χ4n) is 3.81. The first kappa shape index (κ1) is 28.1. The molecule has 0 spiro atoms. The number of amides is 1. The van der Waals surface area contributed by atoms with E-state index in [1.165, 1.54) is 0 Å². The van der Waals surface area contributed by atoms with Crippen molar-refractivity contribution in [2.75, 3.05) is 30.8 Å². The van der Waals surface area contributed by atoms with E-state index in [0.717, 1.165) is 47.5 Å². The molecule has 0 saturated heterocycles. The van der Waals surface area contributed by atoms with Crippen LogP contribution in [0.4, 0.5) is 11.5 Å². The Labute approximate surface area is 225 Å². The third-order valence-electron chi connectivity index (χ3n) is 5.85. The van der Waals surface area contributed by atoms with Gasteiger partial charge in [0.15, 0.2) is 0 Å². The molecule has 0 radical (unpaired) electrons. The van der Waals surface area contributed by atoms with Gasteiger partial charge in [-0.15, -0.1) is 6.58 Å². The number of nitrogens with zero attached hydrogens (tertiary/aromatic N) is 3. The van der Waals surface area contributed by atoms with Crippen LogP contribution in [0.25, 0.3) is 16.6 Å². The maximum absolute atomic E-state index is 11.7. The molecule has 1 amide bonds. The molecule has 4 rings (SSSR count). The second-order valence-electron chi connectivity index (χ2n) is 9.02. The Hall–Kier alpha value is -4.49. The predicted molar refractivity (Wildman–Crippen MR) is 159 cm³/mol. The molecule has 1 aromatic heterocycles. The number of hydrogen-bond acceptors (Lipinski definition) is 6. The summed E-state index contributed by atoms with van der Waals surface area (Å²) < 4.78 is 0. The van der Waals surface area contributed by atoms with Crippen LogP contribution in [-0.2, 0) is 0 Å². The van der Waals surface area contributed by atoms with Gasteiger partial charge in [0.1, 0.15) is 12.1 Å². The van der Waals surface area contributed by atoms with Gasteiger partial charge < -0.3 is 21.3 Å². The van der Waals surface area contributed by atoms with Gasteiger partial charge in [0.2, 0.25) is 0 Å². The largest absolute Gasteiger partial charge is 0.399 e. The van der Waals surface area contributed by atoms with Gasteiger partial charge in [0, 0.05) is 47.0 Å². The lowest BCUT2D eigenvalue weighted by molar-refractivity contribution is 0.102. The average molecular weight is 509 g/mol. The molecule has 38 heavy (non-hydrogen) atoms. The molecule has 3 aromatic carbocycles. The number of nitrogens with one attached hydrogen (secondary N) is 2. The monoisotopic (exact) mass is 508 g/mol. The molecular weight excluding hydrogens is 472 g/mol. The highest BCUT2D eigenvalue weighted by Crippen LogP contribution is 2.25. The lowest BCUT2D eigenvalue weighted by Crippen LogP contribution is -2.26. The smallest absolute Gasteiger partial charge is 0.255 e. The number of para-hydroxylation sites is 2. The molecule has 0 bridgehead atoms. The van der Waals surface area contributed by atoms with Crippen molar-refractivity contribution in [3.8, 4) is 0 Å². The molecule has 196 valence electrons. The highest BCUT2D eigenvalue weighted by molar-refractivity contribution is 6.04. The molecule has 4 aromatic rings. The first-order chi connectivity index (χ1) is 18.4. The number of rotatable bonds is 10. The maximum atomic E-state index is 11.7. The second kappa shape index (κ2) is 14.3. The van der Waals surface area contributed by atoms with Gasteiger partial charge in [0.25, 0.3) is 5.91 Å². The van der Waals surface area contributed by atoms with E-state index < -0.39 is 0 Å². The van der Waals surface area contributed by atoms with Crippen molar-refractivity contribution in [3.63, 3.8) is 0 Å². The summed E-state index contributed by atoms with van der Waals surface area (Å²) in [6.07, 6.45) is 4.49. The quantitative estimate of drug-likeness (QED) is 0.234. The Morgan fingerprint density at radius 3 is 2.37 bits per heavy atom. The Morgan fingerprint density at radius 1 is 1.03 bits per heavy atom. The van der Waals surface area contributed by atoms with Gasteiger partial charge in [-0.25, -0.2) is 9.97 Å². The van der Waals surface area contributed by atoms with Crippen LogP contribution in [0, 0.1) is 0 Å². The van der Waals surface area contributed by atoms with E-state index in [9.17, 15) is 4.79 Å². The molecule has 7 heteroatoms. The number of nitrogens with two attached hydrogens (primary N) is 1. The Kier molecular flexibility index (Phi) is 10.6. The summed E-state index contributed by atoms with van der Waals surface area (Å²) in [6, 6.07) is 24.8. The number of anilines is 2. The third-order valence-corrected chi connectivity index (χ3v) is 5.85. The highest BCUT2D eigenvalue weighted by atomic mass is 16.1. The Bertz CT molecular complexity index is 1340. The summed E-state index contributed by atoms with van der Waals surface area (Å²) in [5.74, 6) is 0.749. The molecule has 4 N–H and O–H groups in total. The molecule has 7 nitrogen and oxygen atoms in total. The number of carbonyl (C=O) groups excluding carboxylic acids is 1. The summed E-state index contributed by atoms with van der Waals surface area (Å²) in [5.41, 5.74) is 9.52. The minimum atomic E-state index is -0.0817. The highest BCUT2D eigenvalue weighted by Gasteiger charge is 2.11. The van der Waals surface area contributed by atoms with Gasteiger partial charge in [-0.05, 0) is 50.7 Å². The van der Waals surface area contributed by atoms with Gasteiger partial charge in [-0.1, -0.05) is 61.2 Å². The minimum Gasteiger partial charge on any atom is -0.399 e. The fourth-order valence-corrected chi connectivity index (χ4v) is 3.81. The molecule has 0 fully saturated rings. The molecule has 1 heterocycles. The molecule has 1 atom stereocenters. The number of carbonyl (C=O) groups is 1.